The number of nitrogens with one attached hydrogen (secondary N) is 1. The van der Waals surface area contributed by atoms with Gasteiger partial charge in [0.05, 0.1) is 6.61 Å². The Morgan fingerprint density at radius 3 is 2.54 bits per heavy atom. The standard InChI is InChI=1S/C24H31NO3/c1-4-6-7-8-13-28-24(27)23-16(3)22-20(25-23)14-19(15-21(22)26)18-11-9-17(5-2)10-12-18/h9-12,19,25H,4-8,13-15H2,1-3H3. The number of rotatable bonds is 8. The lowest BCUT2D eigenvalue weighted by molar-refractivity contribution is 0.0490. The third kappa shape index (κ3) is 4.37. The fourth-order valence-corrected chi connectivity index (χ4v) is 4.06. The summed E-state index contributed by atoms with van der Waals surface area (Å²) in [5.74, 6) is -0.0801. The molecule has 0 aliphatic heterocycles. The van der Waals surface area contributed by atoms with Crippen molar-refractivity contribution in [2.75, 3.05) is 6.61 Å². The first-order valence-electron chi connectivity index (χ1n) is 10.6. The molecule has 4 heteroatoms. The van der Waals surface area contributed by atoms with Crippen LogP contribution in [0.4, 0.5) is 0 Å². The molecule has 3 rings (SSSR count). The second kappa shape index (κ2) is 9.22. The number of Topliss-reactive ketones (excluding diaryl/α,β-unsaturated/α-hetero) is 1. The Hall–Kier alpha value is -2.36. The van der Waals surface area contributed by atoms with Crippen molar-refractivity contribution < 1.29 is 14.3 Å². The summed E-state index contributed by atoms with van der Waals surface area (Å²) in [6.45, 7) is 6.57. The fourth-order valence-electron chi connectivity index (χ4n) is 4.06. The van der Waals surface area contributed by atoms with E-state index in [1.165, 1.54) is 11.1 Å². The van der Waals surface area contributed by atoms with Gasteiger partial charge < -0.3 is 9.72 Å². The van der Waals surface area contributed by atoms with Crippen LogP contribution in [-0.4, -0.2) is 23.3 Å². The van der Waals surface area contributed by atoms with E-state index in [1.54, 1.807) is 0 Å². The summed E-state index contributed by atoms with van der Waals surface area (Å²) in [4.78, 5) is 28.5. The molecule has 1 N–H and O–H groups in total. The number of hydrogen-bond acceptors (Lipinski definition) is 3. The Morgan fingerprint density at radius 1 is 1.11 bits per heavy atom. The first-order chi connectivity index (χ1) is 13.5. The zero-order valence-corrected chi connectivity index (χ0v) is 17.3. The summed E-state index contributed by atoms with van der Waals surface area (Å²) >= 11 is 0. The van der Waals surface area contributed by atoms with Crippen LogP contribution in [0.15, 0.2) is 24.3 Å². The van der Waals surface area contributed by atoms with E-state index < -0.39 is 0 Å². The van der Waals surface area contributed by atoms with Gasteiger partial charge in [0.25, 0.3) is 0 Å². The molecule has 4 nitrogen and oxygen atoms in total. The molecule has 0 fully saturated rings. The number of aryl methyl sites for hydroxylation is 1. The van der Waals surface area contributed by atoms with E-state index in [1.807, 2.05) is 6.92 Å². The topological polar surface area (TPSA) is 59.2 Å². The molecule has 2 aromatic rings. The van der Waals surface area contributed by atoms with Crippen molar-refractivity contribution in [3.8, 4) is 0 Å². The molecule has 0 saturated carbocycles. The van der Waals surface area contributed by atoms with Gasteiger partial charge in [-0.05, 0) is 48.8 Å². The summed E-state index contributed by atoms with van der Waals surface area (Å²) in [7, 11) is 0. The van der Waals surface area contributed by atoms with Gasteiger partial charge in [0.1, 0.15) is 5.69 Å². The smallest absolute Gasteiger partial charge is 0.355 e. The van der Waals surface area contributed by atoms with Crippen LogP contribution in [0, 0.1) is 6.92 Å². The number of H-pyrrole nitrogens is 1. The zero-order valence-electron chi connectivity index (χ0n) is 17.3. The molecular weight excluding hydrogens is 350 g/mol. The van der Waals surface area contributed by atoms with Gasteiger partial charge in [0.15, 0.2) is 5.78 Å². The number of unbranched alkanes of at least 4 members (excludes halogenated alkanes) is 3. The van der Waals surface area contributed by atoms with Crippen molar-refractivity contribution in [1.29, 1.82) is 0 Å². The molecule has 1 atom stereocenters. The maximum atomic E-state index is 12.8. The molecule has 0 radical (unpaired) electrons. The maximum absolute atomic E-state index is 12.8. The number of ether oxygens (including phenoxy) is 1. The highest BCUT2D eigenvalue weighted by Gasteiger charge is 2.32. The number of aromatic nitrogens is 1. The van der Waals surface area contributed by atoms with Crippen molar-refractivity contribution in [3.05, 3.63) is 57.9 Å². The Labute approximate surface area is 167 Å². The van der Waals surface area contributed by atoms with Crippen LogP contribution in [0.25, 0.3) is 0 Å². The van der Waals surface area contributed by atoms with Gasteiger partial charge in [-0.15, -0.1) is 0 Å². The van der Waals surface area contributed by atoms with Gasteiger partial charge in [-0.1, -0.05) is 57.4 Å². The summed E-state index contributed by atoms with van der Waals surface area (Å²) < 4.78 is 5.42. The molecule has 0 spiro atoms. The number of carbonyl (C=O) groups is 2. The molecular formula is C24H31NO3. The highest BCUT2D eigenvalue weighted by Crippen LogP contribution is 2.35. The molecule has 28 heavy (non-hydrogen) atoms. The molecule has 1 aromatic heterocycles. The Morgan fingerprint density at radius 2 is 1.86 bits per heavy atom. The summed E-state index contributed by atoms with van der Waals surface area (Å²) in [6.07, 6.45) is 6.51. The number of ketones is 1. The van der Waals surface area contributed by atoms with E-state index in [2.05, 4.69) is 43.1 Å². The maximum Gasteiger partial charge on any atom is 0.355 e. The second-order valence-electron chi connectivity index (χ2n) is 7.80. The van der Waals surface area contributed by atoms with Crippen LogP contribution in [-0.2, 0) is 17.6 Å². The number of aromatic amines is 1. The lowest BCUT2D eigenvalue weighted by atomic mass is 9.81. The molecule has 1 aromatic carbocycles. The highest BCUT2D eigenvalue weighted by molar-refractivity contribution is 6.03. The highest BCUT2D eigenvalue weighted by atomic mass is 16.5. The minimum atomic E-state index is -0.347. The summed E-state index contributed by atoms with van der Waals surface area (Å²) in [6, 6.07) is 8.53. The Bertz CT molecular complexity index is 832. The van der Waals surface area contributed by atoms with Gasteiger partial charge in [0.2, 0.25) is 0 Å². The van der Waals surface area contributed by atoms with Crippen molar-refractivity contribution in [3.63, 3.8) is 0 Å². The predicted molar refractivity (Wildman–Crippen MR) is 111 cm³/mol. The van der Waals surface area contributed by atoms with E-state index >= 15 is 0 Å². The lowest BCUT2D eigenvalue weighted by Crippen LogP contribution is -2.18. The number of carbonyl (C=O) groups excluding carboxylic acids is 2. The SMILES string of the molecule is CCCCCCOC(=O)c1[nH]c2c(c1C)C(=O)CC(c1ccc(CC)cc1)C2. The van der Waals surface area contributed by atoms with Crippen molar-refractivity contribution in [2.24, 2.45) is 0 Å². The average molecular weight is 382 g/mol. The van der Waals surface area contributed by atoms with Gasteiger partial charge in [-0.3, -0.25) is 4.79 Å². The first-order valence-corrected chi connectivity index (χ1v) is 10.6. The largest absolute Gasteiger partial charge is 0.461 e. The van der Waals surface area contributed by atoms with Crippen LogP contribution >= 0.6 is 0 Å². The monoisotopic (exact) mass is 381 g/mol. The van der Waals surface area contributed by atoms with E-state index in [0.29, 0.717) is 24.3 Å². The van der Waals surface area contributed by atoms with Crippen LogP contribution < -0.4 is 0 Å². The van der Waals surface area contributed by atoms with E-state index in [0.717, 1.165) is 49.8 Å². The normalized spacial score (nSPS) is 16.1. The Kier molecular flexibility index (Phi) is 6.71. The summed E-state index contributed by atoms with van der Waals surface area (Å²) in [5.41, 5.74) is 5.22. The molecule has 1 heterocycles. The number of hydrogen-bond donors (Lipinski definition) is 1. The van der Waals surface area contributed by atoms with Gasteiger partial charge in [-0.2, -0.15) is 0 Å². The van der Waals surface area contributed by atoms with Crippen LogP contribution in [0.5, 0.6) is 0 Å². The van der Waals surface area contributed by atoms with Gasteiger partial charge in [-0.25, -0.2) is 4.79 Å². The third-order valence-electron chi connectivity index (χ3n) is 5.78. The zero-order chi connectivity index (χ0) is 20.1. The second-order valence-corrected chi connectivity index (χ2v) is 7.80. The molecule has 0 bridgehead atoms. The lowest BCUT2D eigenvalue weighted by Gasteiger charge is -2.22. The van der Waals surface area contributed by atoms with Crippen molar-refractivity contribution >= 4 is 11.8 Å². The quantitative estimate of drug-likeness (QED) is 0.483. The fraction of sp³-hybridized carbons (Fsp3) is 0.500. The predicted octanol–water partition coefficient (Wildman–Crippen LogP) is 5.54. The molecule has 0 saturated heterocycles. The summed E-state index contributed by atoms with van der Waals surface area (Å²) in [5, 5.41) is 0. The number of esters is 1. The van der Waals surface area contributed by atoms with Crippen LogP contribution in [0.2, 0.25) is 0 Å². The van der Waals surface area contributed by atoms with Gasteiger partial charge >= 0.3 is 5.97 Å². The Balaban J connectivity index is 1.72. The minimum Gasteiger partial charge on any atom is -0.461 e. The van der Waals surface area contributed by atoms with E-state index in [-0.39, 0.29) is 17.7 Å². The van der Waals surface area contributed by atoms with Crippen LogP contribution in [0.1, 0.15) is 95.1 Å². The minimum absolute atomic E-state index is 0.113. The molecule has 1 aliphatic carbocycles. The van der Waals surface area contributed by atoms with E-state index in [9.17, 15) is 9.59 Å². The van der Waals surface area contributed by atoms with Gasteiger partial charge in [0, 0.05) is 17.7 Å². The van der Waals surface area contributed by atoms with Crippen molar-refractivity contribution in [1.82, 2.24) is 4.98 Å². The third-order valence-corrected chi connectivity index (χ3v) is 5.78. The number of benzene rings is 1. The average Bonchev–Trinajstić information content (AvgIpc) is 3.04. The molecule has 1 aliphatic rings. The first kappa shape index (κ1) is 20.4. The number of fused-ring (bicyclic) bond motifs is 1. The van der Waals surface area contributed by atoms with E-state index in [4.69, 9.17) is 4.74 Å². The molecule has 0 amide bonds. The van der Waals surface area contributed by atoms with Crippen molar-refractivity contribution in [2.45, 2.75) is 71.6 Å². The molecule has 1 unspecified atom stereocenters. The molecule has 150 valence electrons. The van der Waals surface area contributed by atoms with Crippen LogP contribution in [0.3, 0.4) is 0 Å².